The molecule has 0 atom stereocenters. The summed E-state index contributed by atoms with van der Waals surface area (Å²) in [6.07, 6.45) is 0. The molecule has 1 aromatic rings. The topological polar surface area (TPSA) is 50.7 Å². The highest BCUT2D eigenvalue weighted by atomic mass is 32.2. The van der Waals surface area contributed by atoms with E-state index in [4.69, 9.17) is 4.74 Å². The molecule has 1 N–H and O–H groups in total. The Hall–Kier alpha value is -1.49. The summed E-state index contributed by atoms with van der Waals surface area (Å²) in [5.41, 5.74) is 1.27. The van der Waals surface area contributed by atoms with Gasteiger partial charge in [0.2, 0.25) is 0 Å². The Morgan fingerprint density at radius 2 is 2.31 bits per heavy atom. The van der Waals surface area contributed by atoms with E-state index in [1.54, 1.807) is 23.9 Å². The number of methoxy groups -OCH3 is 1. The van der Waals surface area contributed by atoms with E-state index in [0.29, 0.717) is 5.56 Å². The monoisotopic (exact) mass is 236 g/mol. The van der Waals surface area contributed by atoms with Gasteiger partial charge in [-0.25, -0.2) is 4.79 Å². The Balaban J connectivity index is 2.22. The van der Waals surface area contributed by atoms with E-state index in [-0.39, 0.29) is 5.97 Å². The lowest BCUT2D eigenvalue weighted by molar-refractivity contribution is 0.0602. The lowest BCUT2D eigenvalue weighted by Crippen LogP contribution is -2.11. The molecule has 1 heterocycles. The number of nitrogens with one attached hydrogen (secondary N) is 1. The number of carbonyl (C=O) groups excluding carboxylic acids is 1. The Kier molecular flexibility index (Phi) is 3.46. The predicted molar refractivity (Wildman–Crippen MR) is 66.2 cm³/mol. The van der Waals surface area contributed by atoms with Crippen LogP contribution in [0.1, 0.15) is 10.4 Å². The summed E-state index contributed by atoms with van der Waals surface area (Å²) in [5.74, 6) is 0.648. The summed E-state index contributed by atoms with van der Waals surface area (Å²) in [5, 5.41) is 3.99. The molecular weight excluding hydrogens is 224 g/mol. The zero-order valence-electron chi connectivity index (χ0n) is 8.90. The first-order chi connectivity index (χ1) is 7.81. The van der Waals surface area contributed by atoms with E-state index in [9.17, 15) is 4.79 Å². The number of carbonyl (C=O) groups is 1. The molecule has 84 valence electrons. The fourth-order valence-electron chi connectivity index (χ4n) is 1.41. The molecule has 16 heavy (non-hydrogen) atoms. The highest BCUT2D eigenvalue weighted by Crippen LogP contribution is 2.20. The van der Waals surface area contributed by atoms with Gasteiger partial charge in [0.15, 0.2) is 5.17 Å². The third kappa shape index (κ3) is 2.36. The zero-order chi connectivity index (χ0) is 11.4. The van der Waals surface area contributed by atoms with E-state index in [0.717, 1.165) is 23.2 Å². The van der Waals surface area contributed by atoms with Crippen LogP contribution in [0.15, 0.2) is 29.3 Å². The van der Waals surface area contributed by atoms with Crippen molar-refractivity contribution in [3.63, 3.8) is 0 Å². The summed E-state index contributed by atoms with van der Waals surface area (Å²) < 4.78 is 4.72. The molecule has 0 fully saturated rings. The standard InChI is InChI=1S/C11H12N2O2S/c1-15-10(14)8-4-2-3-5-9(8)13-11-12-6-7-16-11/h2-5H,6-7H2,1H3,(H,12,13). The number of para-hydroxylation sites is 1. The fraction of sp³-hybridized carbons (Fsp3) is 0.273. The van der Waals surface area contributed by atoms with E-state index in [1.807, 2.05) is 12.1 Å². The fourth-order valence-corrected chi connectivity index (χ4v) is 2.15. The SMILES string of the molecule is COC(=O)c1ccccc1NC1=NCCS1. The molecule has 0 saturated heterocycles. The maximum Gasteiger partial charge on any atom is 0.339 e. The first kappa shape index (κ1) is 11.0. The van der Waals surface area contributed by atoms with Crippen molar-refractivity contribution in [1.29, 1.82) is 0 Å². The Morgan fingerprint density at radius 1 is 1.50 bits per heavy atom. The average Bonchev–Trinajstić information content (AvgIpc) is 2.82. The van der Waals surface area contributed by atoms with E-state index < -0.39 is 0 Å². The molecule has 0 radical (unpaired) electrons. The first-order valence-corrected chi connectivity index (χ1v) is 5.91. The van der Waals surface area contributed by atoms with Gasteiger partial charge in [-0.05, 0) is 12.1 Å². The van der Waals surface area contributed by atoms with Gasteiger partial charge in [-0.3, -0.25) is 4.99 Å². The number of nitrogens with zero attached hydrogens (tertiary/aromatic N) is 1. The van der Waals surface area contributed by atoms with Crippen LogP contribution >= 0.6 is 11.8 Å². The highest BCUT2D eigenvalue weighted by Gasteiger charge is 2.13. The van der Waals surface area contributed by atoms with Gasteiger partial charge >= 0.3 is 5.97 Å². The zero-order valence-corrected chi connectivity index (χ0v) is 9.71. The number of amidine groups is 1. The lowest BCUT2D eigenvalue weighted by Gasteiger charge is -2.09. The number of benzene rings is 1. The molecule has 5 heteroatoms. The number of hydrogen-bond donors (Lipinski definition) is 1. The molecule has 1 aromatic carbocycles. The summed E-state index contributed by atoms with van der Waals surface area (Å²) >= 11 is 1.65. The van der Waals surface area contributed by atoms with Crippen LogP contribution < -0.4 is 5.32 Å². The van der Waals surface area contributed by atoms with Crippen LogP contribution in [0.2, 0.25) is 0 Å². The van der Waals surface area contributed by atoms with Crippen LogP contribution in [0.25, 0.3) is 0 Å². The van der Waals surface area contributed by atoms with Crippen LogP contribution in [-0.2, 0) is 4.74 Å². The van der Waals surface area contributed by atoms with Crippen molar-refractivity contribution in [3.05, 3.63) is 29.8 Å². The minimum absolute atomic E-state index is 0.341. The molecule has 0 aliphatic carbocycles. The number of thioether (sulfide) groups is 1. The van der Waals surface area contributed by atoms with Gasteiger partial charge in [-0.2, -0.15) is 0 Å². The third-order valence-electron chi connectivity index (χ3n) is 2.16. The minimum atomic E-state index is -0.341. The van der Waals surface area contributed by atoms with Gasteiger partial charge in [0.25, 0.3) is 0 Å². The summed E-state index contributed by atoms with van der Waals surface area (Å²) in [6.45, 7) is 0.827. The second kappa shape index (κ2) is 5.03. The lowest BCUT2D eigenvalue weighted by atomic mass is 10.2. The van der Waals surface area contributed by atoms with Crippen LogP contribution in [0, 0.1) is 0 Å². The summed E-state index contributed by atoms with van der Waals surface area (Å²) in [7, 11) is 1.38. The summed E-state index contributed by atoms with van der Waals surface area (Å²) in [4.78, 5) is 15.8. The highest BCUT2D eigenvalue weighted by molar-refractivity contribution is 8.14. The van der Waals surface area contributed by atoms with Crippen molar-refractivity contribution in [2.24, 2.45) is 4.99 Å². The second-order valence-electron chi connectivity index (χ2n) is 3.20. The van der Waals surface area contributed by atoms with E-state index >= 15 is 0 Å². The van der Waals surface area contributed by atoms with Crippen molar-refractivity contribution >= 4 is 28.6 Å². The number of aliphatic imine (C=N–C) groups is 1. The Morgan fingerprint density at radius 3 is 3.00 bits per heavy atom. The smallest absolute Gasteiger partial charge is 0.339 e. The molecule has 2 rings (SSSR count). The van der Waals surface area contributed by atoms with Crippen molar-refractivity contribution in [2.45, 2.75) is 0 Å². The molecule has 0 aromatic heterocycles. The van der Waals surface area contributed by atoms with E-state index in [1.165, 1.54) is 7.11 Å². The molecule has 0 unspecified atom stereocenters. The molecule has 0 saturated carbocycles. The number of rotatable bonds is 2. The maximum absolute atomic E-state index is 11.5. The molecule has 0 spiro atoms. The predicted octanol–water partition coefficient (Wildman–Crippen LogP) is 1.99. The van der Waals surface area contributed by atoms with Gasteiger partial charge < -0.3 is 10.1 Å². The van der Waals surface area contributed by atoms with Crippen molar-refractivity contribution in [1.82, 2.24) is 0 Å². The van der Waals surface area contributed by atoms with E-state index in [2.05, 4.69) is 10.3 Å². The Labute approximate surface area is 98.1 Å². The second-order valence-corrected chi connectivity index (χ2v) is 4.28. The van der Waals surface area contributed by atoms with Crippen LogP contribution in [0.3, 0.4) is 0 Å². The molecular formula is C11H12N2O2S. The summed E-state index contributed by atoms with van der Waals surface area (Å²) in [6, 6.07) is 7.25. The van der Waals surface area contributed by atoms with Gasteiger partial charge in [0, 0.05) is 5.75 Å². The van der Waals surface area contributed by atoms with Crippen LogP contribution in [0.5, 0.6) is 0 Å². The largest absolute Gasteiger partial charge is 0.465 e. The Bertz CT molecular complexity index is 432. The number of ether oxygens (including phenoxy) is 1. The average molecular weight is 236 g/mol. The van der Waals surface area contributed by atoms with Gasteiger partial charge in [-0.15, -0.1) is 0 Å². The minimum Gasteiger partial charge on any atom is -0.465 e. The number of hydrogen-bond acceptors (Lipinski definition) is 5. The van der Waals surface area contributed by atoms with Gasteiger partial charge in [-0.1, -0.05) is 23.9 Å². The third-order valence-corrected chi connectivity index (χ3v) is 3.05. The first-order valence-electron chi connectivity index (χ1n) is 4.93. The number of anilines is 1. The normalized spacial score (nSPS) is 14.4. The van der Waals surface area contributed by atoms with Crippen molar-refractivity contribution in [3.8, 4) is 0 Å². The molecule has 1 aliphatic rings. The molecule has 1 aliphatic heterocycles. The van der Waals surface area contributed by atoms with Crippen LogP contribution in [0.4, 0.5) is 5.69 Å². The molecule has 0 amide bonds. The van der Waals surface area contributed by atoms with Crippen molar-refractivity contribution < 1.29 is 9.53 Å². The van der Waals surface area contributed by atoms with Gasteiger partial charge in [0.1, 0.15) is 0 Å². The van der Waals surface area contributed by atoms with Gasteiger partial charge in [0.05, 0.1) is 24.9 Å². The molecule has 0 bridgehead atoms. The van der Waals surface area contributed by atoms with Crippen LogP contribution in [-0.4, -0.2) is 30.5 Å². The van der Waals surface area contributed by atoms with Crippen molar-refractivity contribution in [2.75, 3.05) is 24.7 Å². The maximum atomic E-state index is 11.5. The molecule has 4 nitrogen and oxygen atoms in total. The quantitative estimate of drug-likeness (QED) is 0.798. The number of esters is 1.